The Labute approximate surface area is 78.5 Å². The minimum absolute atomic E-state index is 0.881. The third-order valence-corrected chi connectivity index (χ3v) is 1.93. The molecule has 7 nitrogen and oxygen atoms in total. The van der Waals surface area contributed by atoms with Crippen LogP contribution in [0.2, 0.25) is 0 Å². The molecule has 4 amide bonds. The summed E-state index contributed by atoms with van der Waals surface area (Å²) in [5.41, 5.74) is 0. The second-order valence-corrected chi connectivity index (χ2v) is 2.91. The fourth-order valence-corrected chi connectivity index (χ4v) is 1.13. The maximum atomic E-state index is 11.1. The molecule has 14 heavy (non-hydrogen) atoms. The number of hydrogen-bond donors (Lipinski definition) is 3. The zero-order valence-corrected chi connectivity index (χ0v) is 7.23. The van der Waals surface area contributed by atoms with E-state index in [9.17, 15) is 19.2 Å². The van der Waals surface area contributed by atoms with Gasteiger partial charge in [0.15, 0.2) is 0 Å². The summed E-state index contributed by atoms with van der Waals surface area (Å²) in [6.45, 7) is 1.22. The Morgan fingerprint density at radius 3 is 2.07 bits per heavy atom. The van der Waals surface area contributed by atoms with E-state index in [0.29, 0.717) is 0 Å². The molecule has 7 heteroatoms. The highest BCUT2D eigenvalue weighted by molar-refractivity contribution is 6.17. The molecule has 76 valence electrons. The van der Waals surface area contributed by atoms with Crippen LogP contribution in [0.4, 0.5) is 4.79 Å². The van der Waals surface area contributed by atoms with E-state index in [1.165, 1.54) is 6.92 Å². The first kappa shape index (κ1) is 10.2. The van der Waals surface area contributed by atoms with Gasteiger partial charge in [0.2, 0.25) is 11.8 Å². The molecule has 1 heterocycles. The lowest BCUT2D eigenvalue weighted by molar-refractivity contribution is -0.151. The van der Waals surface area contributed by atoms with E-state index in [1.807, 2.05) is 10.6 Å². The van der Waals surface area contributed by atoms with E-state index in [4.69, 9.17) is 5.11 Å². The minimum Gasteiger partial charge on any atom is -0.481 e. The van der Waals surface area contributed by atoms with Crippen LogP contribution in [0.1, 0.15) is 6.92 Å². The highest BCUT2D eigenvalue weighted by Crippen LogP contribution is 2.14. The number of imide groups is 2. The van der Waals surface area contributed by atoms with Crippen molar-refractivity contribution in [1.29, 1.82) is 0 Å². The molecule has 1 saturated heterocycles. The van der Waals surface area contributed by atoms with E-state index < -0.39 is 35.7 Å². The van der Waals surface area contributed by atoms with Gasteiger partial charge in [-0.2, -0.15) is 0 Å². The van der Waals surface area contributed by atoms with Crippen molar-refractivity contribution in [3.63, 3.8) is 0 Å². The summed E-state index contributed by atoms with van der Waals surface area (Å²) in [5.74, 6) is -5.55. The predicted octanol–water partition coefficient (Wildman–Crippen LogP) is -1.31. The van der Waals surface area contributed by atoms with Gasteiger partial charge in [0, 0.05) is 0 Å². The summed E-state index contributed by atoms with van der Waals surface area (Å²) in [6, 6.07) is -0.922. The molecule has 1 fully saturated rings. The van der Waals surface area contributed by atoms with Crippen molar-refractivity contribution in [1.82, 2.24) is 10.6 Å². The van der Waals surface area contributed by atoms with Crippen LogP contribution in [-0.2, 0) is 14.4 Å². The van der Waals surface area contributed by atoms with Gasteiger partial charge < -0.3 is 5.11 Å². The lowest BCUT2D eigenvalue weighted by Gasteiger charge is -2.22. The minimum atomic E-state index is -1.36. The van der Waals surface area contributed by atoms with Crippen LogP contribution in [0, 0.1) is 11.8 Å². The monoisotopic (exact) mass is 200 g/mol. The SMILES string of the molecule is C[C@H](C(=O)O)C1C(=O)NC(=O)NC1=O. The van der Waals surface area contributed by atoms with Crippen molar-refractivity contribution < 1.29 is 24.3 Å². The van der Waals surface area contributed by atoms with Crippen LogP contribution in [0.5, 0.6) is 0 Å². The number of nitrogens with one attached hydrogen (secondary N) is 2. The van der Waals surface area contributed by atoms with Gasteiger partial charge in [-0.1, -0.05) is 6.92 Å². The average molecular weight is 200 g/mol. The zero-order valence-electron chi connectivity index (χ0n) is 7.23. The molecule has 1 aliphatic heterocycles. The summed E-state index contributed by atoms with van der Waals surface area (Å²) >= 11 is 0. The van der Waals surface area contributed by atoms with Crippen molar-refractivity contribution >= 4 is 23.8 Å². The first-order valence-electron chi connectivity index (χ1n) is 3.82. The number of carbonyl (C=O) groups is 4. The van der Waals surface area contributed by atoms with Crippen LogP contribution < -0.4 is 10.6 Å². The summed E-state index contributed by atoms with van der Waals surface area (Å²) in [7, 11) is 0. The van der Waals surface area contributed by atoms with Crippen molar-refractivity contribution in [2.45, 2.75) is 6.92 Å². The van der Waals surface area contributed by atoms with Gasteiger partial charge in [0.1, 0.15) is 5.92 Å². The second kappa shape index (κ2) is 3.44. The molecule has 0 unspecified atom stereocenters. The number of carboxylic acids is 1. The van der Waals surface area contributed by atoms with Crippen LogP contribution in [0.3, 0.4) is 0 Å². The van der Waals surface area contributed by atoms with Crippen LogP contribution in [0.25, 0.3) is 0 Å². The van der Waals surface area contributed by atoms with Crippen molar-refractivity contribution in [2.75, 3.05) is 0 Å². The van der Waals surface area contributed by atoms with E-state index in [-0.39, 0.29) is 0 Å². The number of hydrogen-bond acceptors (Lipinski definition) is 4. The number of rotatable bonds is 2. The van der Waals surface area contributed by atoms with Gasteiger partial charge in [0.25, 0.3) is 0 Å². The molecule has 0 aliphatic carbocycles. The summed E-state index contributed by atoms with van der Waals surface area (Å²) in [6.07, 6.45) is 0. The Kier molecular flexibility index (Phi) is 2.50. The van der Waals surface area contributed by atoms with Gasteiger partial charge in [-0.25, -0.2) is 4.79 Å². The van der Waals surface area contributed by atoms with Gasteiger partial charge in [-0.3, -0.25) is 25.0 Å². The molecular formula is C7H8N2O5. The molecule has 0 aromatic heterocycles. The lowest BCUT2D eigenvalue weighted by atomic mass is 9.91. The van der Waals surface area contributed by atoms with Crippen LogP contribution in [-0.4, -0.2) is 28.9 Å². The molecule has 1 rings (SSSR count). The van der Waals surface area contributed by atoms with E-state index in [2.05, 4.69) is 0 Å². The van der Waals surface area contributed by atoms with Crippen molar-refractivity contribution in [3.05, 3.63) is 0 Å². The Morgan fingerprint density at radius 2 is 1.71 bits per heavy atom. The quantitative estimate of drug-likeness (QED) is 0.479. The van der Waals surface area contributed by atoms with E-state index >= 15 is 0 Å². The predicted molar refractivity (Wildman–Crippen MR) is 42.0 cm³/mol. The van der Waals surface area contributed by atoms with Gasteiger partial charge in [-0.15, -0.1) is 0 Å². The third kappa shape index (κ3) is 1.70. The van der Waals surface area contributed by atoms with Gasteiger partial charge >= 0.3 is 12.0 Å². The summed E-state index contributed by atoms with van der Waals surface area (Å²) in [5, 5.41) is 12.2. The molecule has 1 aliphatic rings. The molecule has 0 spiro atoms. The zero-order chi connectivity index (χ0) is 10.9. The molecule has 3 N–H and O–H groups in total. The number of carbonyl (C=O) groups excluding carboxylic acids is 3. The molecule has 0 saturated carbocycles. The molecule has 0 radical (unpaired) electrons. The van der Waals surface area contributed by atoms with E-state index in [1.54, 1.807) is 0 Å². The Balaban J connectivity index is 2.87. The molecular weight excluding hydrogens is 192 g/mol. The highest BCUT2D eigenvalue weighted by atomic mass is 16.4. The number of aliphatic carboxylic acids is 1. The van der Waals surface area contributed by atoms with Crippen LogP contribution >= 0.6 is 0 Å². The summed E-state index contributed by atoms with van der Waals surface area (Å²) < 4.78 is 0. The second-order valence-electron chi connectivity index (χ2n) is 2.91. The topological polar surface area (TPSA) is 113 Å². The molecule has 1 atom stereocenters. The van der Waals surface area contributed by atoms with Crippen molar-refractivity contribution in [3.8, 4) is 0 Å². The number of carboxylic acid groups (broad SMARTS) is 1. The standard InChI is InChI=1S/C7H8N2O5/c1-2(6(12)13)3-4(10)8-7(14)9-5(3)11/h2-3H,1H3,(H,12,13)(H2,8,9,10,11,14)/t2-/m0/s1. The Morgan fingerprint density at radius 1 is 1.29 bits per heavy atom. The van der Waals surface area contributed by atoms with Crippen LogP contribution in [0.15, 0.2) is 0 Å². The van der Waals surface area contributed by atoms with Crippen molar-refractivity contribution in [2.24, 2.45) is 11.8 Å². The largest absolute Gasteiger partial charge is 0.481 e. The molecule has 0 bridgehead atoms. The average Bonchev–Trinajstić information content (AvgIpc) is 2.01. The van der Waals surface area contributed by atoms with Gasteiger partial charge in [-0.05, 0) is 0 Å². The highest BCUT2D eigenvalue weighted by Gasteiger charge is 2.41. The van der Waals surface area contributed by atoms with Gasteiger partial charge in [0.05, 0.1) is 5.92 Å². The first-order chi connectivity index (χ1) is 6.43. The number of urea groups is 1. The number of amides is 4. The Bertz CT molecular complexity index is 304. The lowest BCUT2D eigenvalue weighted by Crippen LogP contribution is -2.58. The summed E-state index contributed by atoms with van der Waals surface area (Å²) in [4.78, 5) is 43.3. The smallest absolute Gasteiger partial charge is 0.328 e. The van der Waals surface area contributed by atoms with E-state index in [0.717, 1.165) is 0 Å². The number of barbiturate groups is 1. The molecule has 0 aromatic carbocycles. The first-order valence-corrected chi connectivity index (χ1v) is 3.82. The fourth-order valence-electron chi connectivity index (χ4n) is 1.13. The fraction of sp³-hybridized carbons (Fsp3) is 0.429. The maximum Gasteiger partial charge on any atom is 0.328 e. The molecule has 0 aromatic rings. The maximum absolute atomic E-state index is 11.1. The Hall–Kier alpha value is -1.92. The third-order valence-electron chi connectivity index (χ3n) is 1.93. The normalized spacial score (nSPS) is 19.9.